The van der Waals surface area contributed by atoms with Crippen molar-refractivity contribution in [3.05, 3.63) is 18.7 Å². The van der Waals surface area contributed by atoms with Gasteiger partial charge in [-0.05, 0) is 0 Å². The van der Waals surface area contributed by atoms with Gasteiger partial charge in [-0.3, -0.25) is 0 Å². The van der Waals surface area contributed by atoms with Crippen molar-refractivity contribution in [3.63, 3.8) is 0 Å². The maximum absolute atomic E-state index is 10.7. The zero-order valence-corrected chi connectivity index (χ0v) is 7.99. The van der Waals surface area contributed by atoms with Crippen LogP contribution in [-0.2, 0) is 9.84 Å². The summed E-state index contributed by atoms with van der Waals surface area (Å²) in [4.78, 5) is 7.43. The molecule has 0 N–H and O–H groups in total. The van der Waals surface area contributed by atoms with Crippen molar-refractivity contribution in [1.82, 2.24) is 9.97 Å². The number of sulfone groups is 1. The van der Waals surface area contributed by atoms with Crippen molar-refractivity contribution in [3.8, 4) is 5.75 Å². The minimum Gasteiger partial charge on any atom is -0.489 e. The molecule has 1 rings (SSSR count). The van der Waals surface area contributed by atoms with Gasteiger partial charge in [0.25, 0.3) is 0 Å². The molecule has 0 spiro atoms. The van der Waals surface area contributed by atoms with Crippen LogP contribution in [0.25, 0.3) is 0 Å². The molecule has 5 nitrogen and oxygen atoms in total. The van der Waals surface area contributed by atoms with E-state index in [1.54, 1.807) is 0 Å². The molecule has 1 aromatic heterocycles. The summed E-state index contributed by atoms with van der Waals surface area (Å²) in [5, 5.41) is 0. The van der Waals surface area contributed by atoms with Crippen molar-refractivity contribution in [2.24, 2.45) is 0 Å². The highest BCUT2D eigenvalue weighted by Crippen LogP contribution is 2.03. The number of rotatable bonds is 4. The Balaban J connectivity index is 2.37. The molecule has 13 heavy (non-hydrogen) atoms. The number of ether oxygens (including phenoxy) is 1. The molecule has 0 bridgehead atoms. The third-order valence-electron chi connectivity index (χ3n) is 1.26. The first-order valence-electron chi connectivity index (χ1n) is 3.63. The van der Waals surface area contributed by atoms with Gasteiger partial charge in [0, 0.05) is 6.26 Å². The molecule has 0 atom stereocenters. The molecule has 0 amide bonds. The van der Waals surface area contributed by atoms with Crippen molar-refractivity contribution in [1.29, 1.82) is 0 Å². The monoisotopic (exact) mass is 202 g/mol. The second-order valence-electron chi connectivity index (χ2n) is 2.55. The average Bonchev–Trinajstić information content (AvgIpc) is 2.04. The summed E-state index contributed by atoms with van der Waals surface area (Å²) in [5.74, 6) is 0.480. The summed E-state index contributed by atoms with van der Waals surface area (Å²) in [6.45, 7) is 0.131. The average molecular weight is 202 g/mol. The summed E-state index contributed by atoms with van der Waals surface area (Å²) < 4.78 is 26.5. The van der Waals surface area contributed by atoms with Crippen molar-refractivity contribution < 1.29 is 13.2 Å². The van der Waals surface area contributed by atoms with Crippen LogP contribution in [0.15, 0.2) is 18.7 Å². The van der Waals surface area contributed by atoms with Crippen LogP contribution in [0.1, 0.15) is 0 Å². The fraction of sp³-hybridized carbons (Fsp3) is 0.429. The highest BCUT2D eigenvalue weighted by molar-refractivity contribution is 7.90. The molecule has 1 heterocycles. The van der Waals surface area contributed by atoms with Gasteiger partial charge >= 0.3 is 0 Å². The first kappa shape index (κ1) is 9.91. The molecular weight excluding hydrogens is 192 g/mol. The topological polar surface area (TPSA) is 69.2 Å². The lowest BCUT2D eigenvalue weighted by atomic mass is 10.6. The van der Waals surface area contributed by atoms with E-state index in [1.807, 2.05) is 0 Å². The SMILES string of the molecule is CS(=O)(=O)CCOc1cncnc1. The lowest BCUT2D eigenvalue weighted by Gasteiger charge is -2.02. The van der Waals surface area contributed by atoms with E-state index in [4.69, 9.17) is 4.74 Å². The van der Waals surface area contributed by atoms with Crippen LogP contribution in [0.3, 0.4) is 0 Å². The first-order chi connectivity index (χ1) is 6.08. The smallest absolute Gasteiger partial charge is 0.155 e. The van der Waals surface area contributed by atoms with Crippen LogP contribution >= 0.6 is 0 Å². The van der Waals surface area contributed by atoms with Gasteiger partial charge < -0.3 is 4.74 Å². The summed E-state index contributed by atoms with van der Waals surface area (Å²) in [7, 11) is -2.96. The van der Waals surface area contributed by atoms with Crippen molar-refractivity contribution in [2.45, 2.75) is 0 Å². The van der Waals surface area contributed by atoms with Crippen LogP contribution in [0, 0.1) is 0 Å². The second kappa shape index (κ2) is 4.18. The van der Waals surface area contributed by atoms with Gasteiger partial charge in [-0.1, -0.05) is 0 Å². The molecular formula is C7H10N2O3S. The van der Waals surface area contributed by atoms with Gasteiger partial charge in [-0.2, -0.15) is 0 Å². The Morgan fingerprint density at radius 3 is 2.54 bits per heavy atom. The van der Waals surface area contributed by atoms with Crippen LogP contribution in [0.4, 0.5) is 0 Å². The molecule has 0 saturated heterocycles. The Kier molecular flexibility index (Phi) is 3.18. The van der Waals surface area contributed by atoms with Gasteiger partial charge in [0.15, 0.2) is 15.6 Å². The first-order valence-corrected chi connectivity index (χ1v) is 5.69. The third-order valence-corrected chi connectivity index (χ3v) is 2.17. The quantitative estimate of drug-likeness (QED) is 0.682. The fourth-order valence-corrected chi connectivity index (χ4v) is 1.06. The molecule has 0 aliphatic carbocycles. The standard InChI is InChI=1S/C7H10N2O3S/c1-13(10,11)3-2-12-7-4-8-6-9-5-7/h4-6H,2-3H2,1H3. The Labute approximate surface area is 76.7 Å². The summed E-state index contributed by atoms with van der Waals surface area (Å²) in [5.41, 5.74) is 0. The lowest BCUT2D eigenvalue weighted by molar-refractivity contribution is 0.338. The van der Waals surface area contributed by atoms with Crippen LogP contribution in [-0.4, -0.2) is 37.0 Å². The number of hydrogen-bond acceptors (Lipinski definition) is 5. The Morgan fingerprint density at radius 1 is 1.38 bits per heavy atom. The van der Waals surface area contributed by atoms with Gasteiger partial charge in [-0.25, -0.2) is 18.4 Å². The number of aromatic nitrogens is 2. The van der Waals surface area contributed by atoms with Gasteiger partial charge in [0.1, 0.15) is 12.9 Å². The molecule has 0 unspecified atom stereocenters. The van der Waals surface area contributed by atoms with Crippen LogP contribution < -0.4 is 4.74 Å². The predicted octanol–water partition coefficient (Wildman–Crippen LogP) is -0.100. The number of nitrogens with zero attached hydrogens (tertiary/aromatic N) is 2. The zero-order valence-electron chi connectivity index (χ0n) is 7.17. The van der Waals surface area contributed by atoms with Crippen LogP contribution in [0.2, 0.25) is 0 Å². The molecule has 1 aromatic rings. The van der Waals surface area contributed by atoms with Crippen molar-refractivity contribution >= 4 is 9.84 Å². The Bertz CT molecular complexity index is 349. The van der Waals surface area contributed by atoms with E-state index < -0.39 is 9.84 Å². The maximum atomic E-state index is 10.7. The summed E-state index contributed by atoms with van der Waals surface area (Å²) in [6, 6.07) is 0. The molecule has 6 heteroatoms. The molecule has 0 aliphatic rings. The van der Waals surface area contributed by atoms with E-state index in [0.717, 1.165) is 6.26 Å². The van der Waals surface area contributed by atoms with Gasteiger partial charge in [0.05, 0.1) is 18.1 Å². The van der Waals surface area contributed by atoms with Gasteiger partial charge in [0.2, 0.25) is 0 Å². The van der Waals surface area contributed by atoms with E-state index in [-0.39, 0.29) is 12.4 Å². The fourth-order valence-electron chi connectivity index (χ4n) is 0.671. The third kappa shape index (κ3) is 4.41. The largest absolute Gasteiger partial charge is 0.489 e. The highest BCUT2D eigenvalue weighted by Gasteiger charge is 2.01. The van der Waals surface area contributed by atoms with Gasteiger partial charge in [-0.15, -0.1) is 0 Å². The van der Waals surface area contributed by atoms with Crippen LogP contribution in [0.5, 0.6) is 5.75 Å². The minimum absolute atomic E-state index is 0.00188. The van der Waals surface area contributed by atoms with E-state index in [1.165, 1.54) is 18.7 Å². The van der Waals surface area contributed by atoms with E-state index in [2.05, 4.69) is 9.97 Å². The summed E-state index contributed by atoms with van der Waals surface area (Å²) in [6.07, 6.45) is 5.51. The van der Waals surface area contributed by atoms with E-state index in [0.29, 0.717) is 5.75 Å². The molecule has 0 fully saturated rings. The van der Waals surface area contributed by atoms with Crippen molar-refractivity contribution in [2.75, 3.05) is 18.6 Å². The molecule has 0 aromatic carbocycles. The highest BCUT2D eigenvalue weighted by atomic mass is 32.2. The lowest BCUT2D eigenvalue weighted by Crippen LogP contribution is -2.12. The molecule has 72 valence electrons. The summed E-state index contributed by atoms with van der Waals surface area (Å²) >= 11 is 0. The molecule has 0 radical (unpaired) electrons. The minimum atomic E-state index is -2.96. The predicted molar refractivity (Wildman–Crippen MR) is 47.2 cm³/mol. The normalized spacial score (nSPS) is 11.2. The molecule has 0 aliphatic heterocycles. The second-order valence-corrected chi connectivity index (χ2v) is 4.81. The Hall–Kier alpha value is -1.17. The molecule has 0 saturated carbocycles. The maximum Gasteiger partial charge on any atom is 0.155 e. The van der Waals surface area contributed by atoms with E-state index in [9.17, 15) is 8.42 Å². The number of hydrogen-bond donors (Lipinski definition) is 0. The van der Waals surface area contributed by atoms with E-state index >= 15 is 0 Å². The zero-order chi connectivity index (χ0) is 9.73. The Morgan fingerprint density at radius 2 is 2.00 bits per heavy atom.